The number of nitrogens with one attached hydrogen (secondary N) is 1. The third-order valence-electron chi connectivity index (χ3n) is 6.19. The van der Waals surface area contributed by atoms with Gasteiger partial charge >= 0.3 is 0 Å². The Morgan fingerprint density at radius 2 is 1.61 bits per heavy atom. The van der Waals surface area contributed by atoms with Crippen molar-refractivity contribution >= 4 is 35.2 Å². The van der Waals surface area contributed by atoms with Crippen LogP contribution in [0.4, 0.5) is 0 Å². The molecule has 36 heavy (non-hydrogen) atoms. The lowest BCUT2D eigenvalue weighted by Crippen LogP contribution is -2.52. The highest BCUT2D eigenvalue weighted by molar-refractivity contribution is 7.99. The molecule has 0 unspecified atom stereocenters. The van der Waals surface area contributed by atoms with E-state index in [1.807, 2.05) is 99.6 Å². The van der Waals surface area contributed by atoms with Gasteiger partial charge in [-0.3, -0.25) is 9.59 Å². The Kier molecular flexibility index (Phi) is 10.9. The number of carbonyl (C=O) groups is 2. The molecule has 3 aromatic rings. The van der Waals surface area contributed by atoms with Gasteiger partial charge in [-0.15, -0.1) is 11.8 Å². The van der Waals surface area contributed by atoms with E-state index < -0.39 is 6.04 Å². The van der Waals surface area contributed by atoms with E-state index >= 15 is 0 Å². The van der Waals surface area contributed by atoms with Crippen LogP contribution in [-0.4, -0.2) is 34.6 Å². The Balaban J connectivity index is 1.85. The summed E-state index contributed by atoms with van der Waals surface area (Å²) in [6.07, 6.45) is 1.28. The zero-order valence-electron chi connectivity index (χ0n) is 21.2. The number of rotatable bonds is 12. The number of nitrogens with zero attached hydrogens (tertiary/aromatic N) is 1. The van der Waals surface area contributed by atoms with Gasteiger partial charge in [-0.1, -0.05) is 96.9 Å². The van der Waals surface area contributed by atoms with E-state index in [2.05, 4.69) is 5.32 Å². The van der Waals surface area contributed by atoms with Gasteiger partial charge in [0.2, 0.25) is 11.8 Å². The predicted molar refractivity (Wildman–Crippen MR) is 151 cm³/mol. The molecule has 2 atom stereocenters. The third-order valence-corrected chi connectivity index (χ3v) is 7.52. The molecule has 0 radical (unpaired) electrons. The summed E-state index contributed by atoms with van der Waals surface area (Å²) < 4.78 is 0. The maximum absolute atomic E-state index is 13.7. The van der Waals surface area contributed by atoms with Crippen LogP contribution in [-0.2, 0) is 28.3 Å². The van der Waals surface area contributed by atoms with Crippen molar-refractivity contribution < 1.29 is 9.59 Å². The topological polar surface area (TPSA) is 49.4 Å². The Morgan fingerprint density at radius 1 is 0.944 bits per heavy atom. The minimum atomic E-state index is -0.615. The minimum absolute atomic E-state index is 0.0293. The van der Waals surface area contributed by atoms with Crippen molar-refractivity contribution in [3.8, 4) is 0 Å². The quantitative estimate of drug-likeness (QED) is 0.298. The first-order chi connectivity index (χ1) is 17.4. The molecule has 0 saturated carbocycles. The van der Waals surface area contributed by atoms with Gasteiger partial charge in [0.05, 0.1) is 5.75 Å². The first-order valence-electron chi connectivity index (χ1n) is 12.4. The molecular weight excluding hydrogens is 488 g/mol. The van der Waals surface area contributed by atoms with Crippen LogP contribution in [0.3, 0.4) is 0 Å². The van der Waals surface area contributed by atoms with Crippen LogP contribution in [0.15, 0.2) is 78.9 Å². The fourth-order valence-electron chi connectivity index (χ4n) is 3.83. The van der Waals surface area contributed by atoms with Gasteiger partial charge in [-0.2, -0.15) is 0 Å². The molecule has 4 nitrogen and oxygen atoms in total. The van der Waals surface area contributed by atoms with E-state index in [1.165, 1.54) is 11.8 Å². The normalized spacial score (nSPS) is 12.6. The molecule has 0 aromatic heterocycles. The van der Waals surface area contributed by atoms with Gasteiger partial charge in [-0.05, 0) is 43.0 Å². The van der Waals surface area contributed by atoms with Crippen LogP contribution in [0, 0.1) is 6.92 Å². The van der Waals surface area contributed by atoms with E-state index in [0.29, 0.717) is 23.7 Å². The predicted octanol–water partition coefficient (Wildman–Crippen LogP) is 6.44. The number of aryl methyl sites for hydroxylation is 1. The van der Waals surface area contributed by atoms with E-state index in [9.17, 15) is 9.59 Å². The number of thioether (sulfide) groups is 1. The largest absolute Gasteiger partial charge is 0.352 e. The highest BCUT2D eigenvalue weighted by Crippen LogP contribution is 2.22. The molecule has 0 bridgehead atoms. The molecule has 2 amide bonds. The Bertz CT molecular complexity index is 1120. The van der Waals surface area contributed by atoms with Crippen LogP contribution in [0.1, 0.15) is 42.5 Å². The number of benzene rings is 3. The highest BCUT2D eigenvalue weighted by atomic mass is 35.5. The number of amides is 2. The second-order valence-electron chi connectivity index (χ2n) is 9.11. The van der Waals surface area contributed by atoms with Crippen molar-refractivity contribution in [2.24, 2.45) is 0 Å². The molecular formula is C30H35ClN2O2S. The summed E-state index contributed by atoms with van der Waals surface area (Å²) in [6.45, 7) is 6.44. The Morgan fingerprint density at radius 3 is 2.28 bits per heavy atom. The monoisotopic (exact) mass is 522 g/mol. The van der Waals surface area contributed by atoms with E-state index in [0.717, 1.165) is 28.7 Å². The van der Waals surface area contributed by atoms with E-state index in [1.54, 1.807) is 4.90 Å². The highest BCUT2D eigenvalue weighted by Gasteiger charge is 2.30. The molecule has 0 aliphatic heterocycles. The molecule has 0 aliphatic rings. The lowest BCUT2D eigenvalue weighted by Gasteiger charge is -2.32. The van der Waals surface area contributed by atoms with Gasteiger partial charge < -0.3 is 10.2 Å². The zero-order valence-corrected chi connectivity index (χ0v) is 22.8. The average Bonchev–Trinajstić information content (AvgIpc) is 2.88. The SMILES string of the molecule is CC[C@@H](C)NC(=O)[C@H](Cc1ccccc1)N(Cc1ccc(C)cc1)C(=O)CSCc1ccccc1Cl. The number of hydrogen-bond acceptors (Lipinski definition) is 3. The van der Waals surface area contributed by atoms with Crippen LogP contribution in [0.2, 0.25) is 5.02 Å². The Labute approximate surface area is 224 Å². The molecule has 0 spiro atoms. The van der Waals surface area contributed by atoms with Crippen LogP contribution in [0.5, 0.6) is 0 Å². The summed E-state index contributed by atoms with van der Waals surface area (Å²) in [7, 11) is 0. The van der Waals surface area contributed by atoms with Crippen molar-refractivity contribution in [1.29, 1.82) is 0 Å². The van der Waals surface area contributed by atoms with Gasteiger partial charge in [0.1, 0.15) is 6.04 Å². The second-order valence-corrected chi connectivity index (χ2v) is 10.5. The van der Waals surface area contributed by atoms with Crippen LogP contribution >= 0.6 is 23.4 Å². The maximum Gasteiger partial charge on any atom is 0.243 e. The van der Waals surface area contributed by atoms with E-state index in [-0.39, 0.29) is 23.6 Å². The van der Waals surface area contributed by atoms with Gasteiger partial charge in [-0.25, -0.2) is 0 Å². The van der Waals surface area contributed by atoms with Crippen molar-refractivity contribution in [2.45, 2.75) is 58.0 Å². The van der Waals surface area contributed by atoms with Gasteiger partial charge in [0.15, 0.2) is 0 Å². The lowest BCUT2D eigenvalue weighted by molar-refractivity contribution is -0.139. The van der Waals surface area contributed by atoms with Gasteiger partial charge in [0.25, 0.3) is 0 Å². The molecule has 0 aliphatic carbocycles. The Hall–Kier alpha value is -2.76. The summed E-state index contributed by atoms with van der Waals surface area (Å²) in [5.41, 5.74) is 4.17. The van der Waals surface area contributed by atoms with Crippen molar-refractivity contribution in [3.63, 3.8) is 0 Å². The van der Waals surface area contributed by atoms with E-state index in [4.69, 9.17) is 11.6 Å². The average molecular weight is 523 g/mol. The molecule has 3 aromatic carbocycles. The fraction of sp³-hybridized carbons (Fsp3) is 0.333. The van der Waals surface area contributed by atoms with Crippen molar-refractivity contribution in [1.82, 2.24) is 10.2 Å². The summed E-state index contributed by atoms with van der Waals surface area (Å²) >= 11 is 7.82. The fourth-order valence-corrected chi connectivity index (χ4v) is 5.03. The zero-order chi connectivity index (χ0) is 25.9. The molecule has 0 saturated heterocycles. The summed E-state index contributed by atoms with van der Waals surface area (Å²) in [5.74, 6) is 0.711. The summed E-state index contributed by atoms with van der Waals surface area (Å²) in [4.78, 5) is 28.9. The number of carbonyl (C=O) groups excluding carboxylic acids is 2. The molecule has 190 valence electrons. The first kappa shape index (κ1) is 27.8. The lowest BCUT2D eigenvalue weighted by atomic mass is 10.0. The van der Waals surface area contributed by atoms with Crippen molar-refractivity contribution in [3.05, 3.63) is 106 Å². The van der Waals surface area contributed by atoms with Crippen molar-refractivity contribution in [2.75, 3.05) is 5.75 Å². The maximum atomic E-state index is 13.7. The first-order valence-corrected chi connectivity index (χ1v) is 13.9. The smallest absolute Gasteiger partial charge is 0.243 e. The third kappa shape index (κ3) is 8.42. The molecule has 0 heterocycles. The molecule has 6 heteroatoms. The molecule has 0 fully saturated rings. The number of hydrogen-bond donors (Lipinski definition) is 1. The summed E-state index contributed by atoms with van der Waals surface area (Å²) in [6, 6.07) is 25.1. The van der Waals surface area contributed by atoms with Crippen LogP contribution in [0.25, 0.3) is 0 Å². The summed E-state index contributed by atoms with van der Waals surface area (Å²) in [5, 5.41) is 3.81. The van der Waals surface area contributed by atoms with Crippen LogP contribution < -0.4 is 5.32 Å². The molecule has 1 N–H and O–H groups in total. The number of halogens is 1. The molecule has 3 rings (SSSR count). The standard InChI is InChI=1S/C30H35ClN2O2S/c1-4-23(3)32-30(35)28(18-24-10-6-5-7-11-24)33(19-25-16-14-22(2)15-17-25)29(34)21-36-20-26-12-8-9-13-27(26)31/h5-17,23,28H,4,18-21H2,1-3H3,(H,32,35)/t23-,28+/m1/s1. The van der Waals surface area contributed by atoms with Gasteiger partial charge in [0, 0.05) is 29.8 Å². The minimum Gasteiger partial charge on any atom is -0.352 e. The second kappa shape index (κ2) is 14.1.